The maximum absolute atomic E-state index is 12.7. The normalized spacial score (nSPS) is 21.0. The van der Waals surface area contributed by atoms with Gasteiger partial charge in [0.1, 0.15) is 5.82 Å². The van der Waals surface area contributed by atoms with E-state index in [1.807, 2.05) is 25.4 Å². The van der Waals surface area contributed by atoms with E-state index in [9.17, 15) is 4.79 Å². The lowest BCUT2D eigenvalue weighted by Crippen LogP contribution is -2.44. The number of ether oxygens (including phenoxy) is 1. The molecule has 186 valence electrons. The van der Waals surface area contributed by atoms with Crippen molar-refractivity contribution in [2.45, 2.75) is 37.6 Å². The number of rotatable bonds is 5. The van der Waals surface area contributed by atoms with Crippen molar-refractivity contribution < 1.29 is 4.74 Å². The van der Waals surface area contributed by atoms with Crippen molar-refractivity contribution in [3.8, 4) is 11.3 Å². The van der Waals surface area contributed by atoms with Crippen LogP contribution in [0.4, 0.5) is 11.5 Å². The summed E-state index contributed by atoms with van der Waals surface area (Å²) >= 11 is 0. The Morgan fingerprint density at radius 1 is 1.06 bits per heavy atom. The van der Waals surface area contributed by atoms with Crippen molar-refractivity contribution in [3.05, 3.63) is 70.9 Å². The first-order valence-corrected chi connectivity index (χ1v) is 12.8. The van der Waals surface area contributed by atoms with E-state index in [1.165, 1.54) is 31.2 Å². The van der Waals surface area contributed by atoms with Gasteiger partial charge in [-0.15, -0.1) is 0 Å². The third kappa shape index (κ3) is 4.66. The number of nitrogens with one attached hydrogen (secondary N) is 2. The number of nitrogens with zero attached hydrogens (tertiary/aromatic N) is 4. The van der Waals surface area contributed by atoms with E-state index in [1.54, 1.807) is 17.1 Å². The smallest absolute Gasteiger partial charge is 0.259 e. The molecule has 6 rings (SSSR count). The van der Waals surface area contributed by atoms with E-state index in [-0.39, 0.29) is 5.56 Å². The quantitative estimate of drug-likeness (QED) is 0.436. The number of H-pyrrole nitrogens is 1. The number of hydrogen-bond donors (Lipinski definition) is 2. The lowest BCUT2D eigenvalue weighted by atomic mass is 9.81. The van der Waals surface area contributed by atoms with Gasteiger partial charge in [-0.2, -0.15) is 5.10 Å². The fraction of sp³-hybridized carbons (Fsp3) is 0.393. The lowest BCUT2D eigenvalue weighted by Gasteiger charge is -2.38. The summed E-state index contributed by atoms with van der Waals surface area (Å²) in [6.07, 6.45) is 10.3. The molecule has 4 heterocycles. The molecule has 4 aromatic rings. The van der Waals surface area contributed by atoms with Gasteiger partial charge in [-0.1, -0.05) is 12.1 Å². The van der Waals surface area contributed by atoms with Crippen LogP contribution in [0.3, 0.4) is 0 Å². The monoisotopic (exact) mass is 484 g/mol. The maximum atomic E-state index is 12.7. The summed E-state index contributed by atoms with van der Waals surface area (Å²) in [6.45, 7) is 3.89. The van der Waals surface area contributed by atoms with E-state index in [4.69, 9.17) is 9.72 Å². The molecule has 0 unspecified atom stereocenters. The first kappa shape index (κ1) is 22.9. The second-order valence-electron chi connectivity index (χ2n) is 9.93. The fourth-order valence-corrected chi connectivity index (χ4v) is 5.70. The summed E-state index contributed by atoms with van der Waals surface area (Å²) in [7, 11) is 1.88. The number of fused-ring (bicyclic) bond motifs is 1. The molecule has 0 radical (unpaired) electrons. The molecule has 0 spiro atoms. The van der Waals surface area contributed by atoms with Crippen LogP contribution < -0.4 is 10.9 Å². The number of aromatic nitrogens is 4. The highest BCUT2D eigenvalue weighted by Gasteiger charge is 2.27. The van der Waals surface area contributed by atoms with Crippen LogP contribution in [0.2, 0.25) is 0 Å². The van der Waals surface area contributed by atoms with Gasteiger partial charge < -0.3 is 15.0 Å². The molecule has 8 heteroatoms. The highest BCUT2D eigenvalue weighted by Crippen LogP contribution is 2.36. The summed E-state index contributed by atoms with van der Waals surface area (Å²) in [5.74, 6) is 1.15. The first-order chi connectivity index (χ1) is 17.6. The van der Waals surface area contributed by atoms with Crippen molar-refractivity contribution in [2.24, 2.45) is 7.05 Å². The standard InChI is InChI=1S/C28H32N6O2/c1-33-18-22(17-30-33)25-16-21-10-11-29-28(35)26(21)27(32-25)31-23-6-2-19(3-7-23)20-4-8-24(9-5-20)34-12-14-36-15-13-34/h2-3,6-7,10-11,16-18,20,24H,4-5,8-9,12-15H2,1H3,(H,29,35)(H,31,32)/t20-,24-. The average molecular weight is 485 g/mol. The average Bonchev–Trinajstić information content (AvgIpc) is 3.36. The number of hydrogen-bond acceptors (Lipinski definition) is 6. The number of anilines is 2. The van der Waals surface area contributed by atoms with Crippen LogP contribution in [0, 0.1) is 0 Å². The Labute approximate surface area is 210 Å². The molecule has 1 aliphatic carbocycles. The number of morpholine rings is 1. The van der Waals surface area contributed by atoms with Gasteiger partial charge >= 0.3 is 0 Å². The van der Waals surface area contributed by atoms with Crippen molar-refractivity contribution >= 4 is 22.3 Å². The molecule has 2 fully saturated rings. The molecule has 1 aliphatic heterocycles. The Hall–Kier alpha value is -3.49. The molecule has 2 aliphatic rings. The highest BCUT2D eigenvalue weighted by atomic mass is 16.5. The second-order valence-corrected chi connectivity index (χ2v) is 9.93. The molecule has 1 saturated heterocycles. The Morgan fingerprint density at radius 2 is 1.83 bits per heavy atom. The Bertz CT molecular complexity index is 1400. The van der Waals surface area contributed by atoms with E-state index in [2.05, 4.69) is 44.6 Å². The predicted octanol–water partition coefficient (Wildman–Crippen LogP) is 4.43. The zero-order valence-electron chi connectivity index (χ0n) is 20.6. The van der Waals surface area contributed by atoms with Gasteiger partial charge in [0, 0.05) is 49.8 Å². The van der Waals surface area contributed by atoms with Crippen LogP contribution >= 0.6 is 0 Å². The van der Waals surface area contributed by atoms with E-state index >= 15 is 0 Å². The minimum absolute atomic E-state index is 0.158. The van der Waals surface area contributed by atoms with Crippen LogP contribution in [0.5, 0.6) is 0 Å². The molecule has 2 N–H and O–H groups in total. The molecule has 0 bridgehead atoms. The van der Waals surface area contributed by atoms with E-state index in [0.29, 0.717) is 23.2 Å². The Kier molecular flexibility index (Phi) is 6.29. The van der Waals surface area contributed by atoms with Crippen LogP contribution in [0.25, 0.3) is 22.0 Å². The van der Waals surface area contributed by atoms with Gasteiger partial charge in [0.25, 0.3) is 5.56 Å². The molecule has 1 aromatic carbocycles. The van der Waals surface area contributed by atoms with Crippen LogP contribution in [0.1, 0.15) is 37.2 Å². The Balaban J connectivity index is 1.20. The summed E-state index contributed by atoms with van der Waals surface area (Å²) < 4.78 is 7.27. The van der Waals surface area contributed by atoms with Crippen LogP contribution in [-0.4, -0.2) is 57.0 Å². The summed E-state index contributed by atoms with van der Waals surface area (Å²) in [5.41, 5.74) is 3.83. The largest absolute Gasteiger partial charge is 0.379 e. The minimum Gasteiger partial charge on any atom is -0.379 e. The molecule has 36 heavy (non-hydrogen) atoms. The summed E-state index contributed by atoms with van der Waals surface area (Å²) in [5, 5.41) is 9.07. The predicted molar refractivity (Wildman–Crippen MR) is 142 cm³/mol. The summed E-state index contributed by atoms with van der Waals surface area (Å²) in [4.78, 5) is 22.9. The van der Waals surface area contributed by atoms with Gasteiger partial charge in [-0.05, 0) is 66.8 Å². The molecule has 0 atom stereocenters. The molecule has 8 nitrogen and oxygen atoms in total. The van der Waals surface area contributed by atoms with E-state index < -0.39 is 0 Å². The van der Waals surface area contributed by atoms with Crippen molar-refractivity contribution in [2.75, 3.05) is 31.6 Å². The fourth-order valence-electron chi connectivity index (χ4n) is 5.70. The number of benzene rings is 1. The first-order valence-electron chi connectivity index (χ1n) is 12.8. The Morgan fingerprint density at radius 3 is 2.56 bits per heavy atom. The van der Waals surface area contributed by atoms with Gasteiger partial charge in [0.05, 0.1) is 30.5 Å². The lowest BCUT2D eigenvalue weighted by molar-refractivity contribution is 0.00730. The van der Waals surface area contributed by atoms with Gasteiger partial charge in [-0.25, -0.2) is 4.98 Å². The number of pyridine rings is 2. The SMILES string of the molecule is Cn1cc(-c2cc3cc[nH]c(=O)c3c(Nc3ccc([C@H]4CC[C@H](N5CCOCC5)CC4)cc3)n2)cn1. The molecule has 1 saturated carbocycles. The highest BCUT2D eigenvalue weighted by molar-refractivity contribution is 5.95. The third-order valence-electron chi connectivity index (χ3n) is 7.66. The van der Waals surface area contributed by atoms with Crippen molar-refractivity contribution in [1.29, 1.82) is 0 Å². The number of aryl methyl sites for hydroxylation is 1. The van der Waals surface area contributed by atoms with E-state index in [0.717, 1.165) is 48.6 Å². The van der Waals surface area contributed by atoms with Crippen LogP contribution in [-0.2, 0) is 11.8 Å². The maximum Gasteiger partial charge on any atom is 0.259 e. The topological polar surface area (TPSA) is 88.1 Å². The van der Waals surface area contributed by atoms with Gasteiger partial charge in [0.2, 0.25) is 0 Å². The molecule has 0 amide bonds. The van der Waals surface area contributed by atoms with Crippen molar-refractivity contribution in [1.82, 2.24) is 24.6 Å². The van der Waals surface area contributed by atoms with Gasteiger partial charge in [0.15, 0.2) is 0 Å². The van der Waals surface area contributed by atoms with Gasteiger partial charge in [-0.3, -0.25) is 14.4 Å². The molecular weight excluding hydrogens is 452 g/mol. The number of aromatic amines is 1. The summed E-state index contributed by atoms with van der Waals surface area (Å²) in [6, 6.07) is 13.2. The zero-order valence-corrected chi connectivity index (χ0v) is 20.6. The minimum atomic E-state index is -0.158. The van der Waals surface area contributed by atoms with Crippen molar-refractivity contribution in [3.63, 3.8) is 0 Å². The molecular formula is C28H32N6O2. The van der Waals surface area contributed by atoms with Crippen LogP contribution in [0.15, 0.2) is 59.8 Å². The molecule has 3 aromatic heterocycles. The zero-order chi connectivity index (χ0) is 24.5. The third-order valence-corrected chi connectivity index (χ3v) is 7.66. The second kappa shape index (κ2) is 9.87.